The Balaban J connectivity index is 1.81. The molecule has 1 saturated heterocycles. The van der Waals surface area contributed by atoms with E-state index in [0.717, 1.165) is 0 Å². The average Bonchev–Trinajstić information content (AvgIpc) is 2.77. The van der Waals surface area contributed by atoms with E-state index >= 15 is 0 Å². The molecule has 0 saturated carbocycles. The van der Waals surface area contributed by atoms with Gasteiger partial charge in [0.2, 0.25) is 10.0 Å². The number of anilines is 1. The first-order valence-electron chi connectivity index (χ1n) is 10.6. The number of nitrogens with one attached hydrogen (secondary N) is 1. The van der Waals surface area contributed by atoms with Gasteiger partial charge in [0.15, 0.2) is 0 Å². The summed E-state index contributed by atoms with van der Waals surface area (Å²) in [6.45, 7) is 2.93. The highest BCUT2D eigenvalue weighted by molar-refractivity contribution is 7.88. The molecule has 0 bridgehead atoms. The third kappa shape index (κ3) is 6.60. The molecule has 2 aromatic rings. The quantitative estimate of drug-likeness (QED) is 0.583. The van der Waals surface area contributed by atoms with E-state index in [1.54, 1.807) is 42.5 Å². The van der Waals surface area contributed by atoms with Crippen molar-refractivity contribution in [1.29, 1.82) is 5.26 Å². The summed E-state index contributed by atoms with van der Waals surface area (Å²) in [7, 11) is -3.24. The Bertz CT molecular complexity index is 1120. The predicted octanol–water partition coefficient (Wildman–Crippen LogP) is 1.66. The maximum atomic E-state index is 12.0. The van der Waals surface area contributed by atoms with Gasteiger partial charge in [-0.05, 0) is 61.7 Å². The van der Waals surface area contributed by atoms with E-state index in [9.17, 15) is 18.3 Å². The van der Waals surface area contributed by atoms with Crippen LogP contribution in [0.4, 0.5) is 5.69 Å². The Morgan fingerprint density at radius 3 is 2.39 bits per heavy atom. The van der Waals surface area contributed by atoms with E-state index < -0.39 is 22.0 Å². The number of nitriles is 1. The molecule has 0 amide bonds. The van der Waals surface area contributed by atoms with Crippen LogP contribution in [0.3, 0.4) is 0 Å². The van der Waals surface area contributed by atoms with Gasteiger partial charge in [-0.15, -0.1) is 0 Å². The number of piperidine rings is 1. The van der Waals surface area contributed by atoms with Crippen molar-refractivity contribution in [3.05, 3.63) is 53.6 Å². The van der Waals surface area contributed by atoms with Crippen LogP contribution >= 0.6 is 0 Å². The first-order chi connectivity index (χ1) is 15.7. The van der Waals surface area contributed by atoms with Crippen LogP contribution in [0.15, 0.2) is 42.5 Å². The van der Waals surface area contributed by atoms with E-state index in [-0.39, 0.29) is 6.10 Å². The van der Waals surface area contributed by atoms with Crippen LogP contribution in [0.2, 0.25) is 0 Å². The molecule has 33 heavy (non-hydrogen) atoms. The van der Waals surface area contributed by atoms with Gasteiger partial charge in [-0.25, -0.2) is 12.7 Å². The molecule has 1 aliphatic heterocycles. The van der Waals surface area contributed by atoms with Crippen molar-refractivity contribution >= 4 is 21.7 Å². The highest BCUT2D eigenvalue weighted by Gasteiger charge is 2.26. The summed E-state index contributed by atoms with van der Waals surface area (Å²) in [5, 5.41) is 23.8. The van der Waals surface area contributed by atoms with Crippen LogP contribution < -0.4 is 19.9 Å². The molecule has 1 fully saturated rings. The molecule has 176 valence electrons. The van der Waals surface area contributed by atoms with E-state index in [1.807, 2.05) is 13.0 Å². The van der Waals surface area contributed by atoms with Crippen LogP contribution in [-0.4, -0.2) is 50.7 Å². The molecule has 0 radical (unpaired) electrons. The molecule has 2 aromatic carbocycles. The molecular weight excluding hydrogens is 446 g/mol. The number of nitrogens with zero attached hydrogens (tertiary/aromatic N) is 2. The minimum Gasteiger partial charge on any atom is -0.548 e. The summed E-state index contributed by atoms with van der Waals surface area (Å²) < 4.78 is 36.5. The summed E-state index contributed by atoms with van der Waals surface area (Å²) in [5.41, 5.74) is 1.36. The van der Waals surface area contributed by atoms with Gasteiger partial charge in [0.05, 0.1) is 36.5 Å². The number of aliphatic carboxylic acids is 1. The van der Waals surface area contributed by atoms with Crippen molar-refractivity contribution in [2.45, 2.75) is 31.9 Å². The molecule has 0 spiro atoms. The van der Waals surface area contributed by atoms with Crippen LogP contribution in [0.5, 0.6) is 11.5 Å². The molecule has 3 rings (SSSR count). The summed E-state index contributed by atoms with van der Waals surface area (Å²) in [6, 6.07) is 12.1. The summed E-state index contributed by atoms with van der Waals surface area (Å²) in [5.74, 6) is -0.450. The van der Waals surface area contributed by atoms with Crippen molar-refractivity contribution in [2.24, 2.45) is 0 Å². The van der Waals surface area contributed by atoms with E-state index in [1.165, 1.54) is 10.6 Å². The van der Waals surface area contributed by atoms with Gasteiger partial charge in [0.25, 0.3) is 0 Å². The maximum absolute atomic E-state index is 12.0. The lowest BCUT2D eigenvalue weighted by Crippen LogP contribution is -2.41. The first kappa shape index (κ1) is 24.4. The smallest absolute Gasteiger partial charge is 0.211 e. The fourth-order valence-electron chi connectivity index (χ4n) is 3.64. The average molecular weight is 473 g/mol. The van der Waals surface area contributed by atoms with Gasteiger partial charge in [0.1, 0.15) is 17.6 Å². The molecule has 10 heteroatoms. The van der Waals surface area contributed by atoms with Crippen LogP contribution in [-0.2, 0) is 14.8 Å². The van der Waals surface area contributed by atoms with Crippen LogP contribution in [0, 0.1) is 11.3 Å². The van der Waals surface area contributed by atoms with Crippen molar-refractivity contribution in [3.63, 3.8) is 0 Å². The fourth-order valence-corrected chi connectivity index (χ4v) is 4.51. The predicted molar refractivity (Wildman–Crippen MR) is 120 cm³/mol. The summed E-state index contributed by atoms with van der Waals surface area (Å²) in [4.78, 5) is 12.0. The molecule has 1 heterocycles. The van der Waals surface area contributed by atoms with Crippen molar-refractivity contribution in [2.75, 3.05) is 31.3 Å². The van der Waals surface area contributed by atoms with Gasteiger partial charge >= 0.3 is 0 Å². The molecule has 1 atom stereocenters. The highest BCUT2D eigenvalue weighted by atomic mass is 32.2. The SMILES string of the molecule is CCOc1cc(OC2CCN(S(C)(=O)=O)CC2)cc(C(Nc2ccc(C#N)cc2)C(=O)[O-])c1. The molecule has 0 aromatic heterocycles. The van der Waals surface area contributed by atoms with Crippen LogP contribution in [0.25, 0.3) is 0 Å². The second kappa shape index (κ2) is 10.6. The van der Waals surface area contributed by atoms with Crippen molar-refractivity contribution < 1.29 is 27.8 Å². The number of ether oxygens (including phenoxy) is 2. The number of carboxylic acids is 1. The van der Waals surface area contributed by atoms with E-state index in [0.29, 0.717) is 60.9 Å². The maximum Gasteiger partial charge on any atom is 0.211 e. The standard InChI is InChI=1S/C23H27N3O6S/c1-3-31-20-12-17(22(23(27)28)25-18-6-4-16(15-24)5-7-18)13-21(14-20)32-19-8-10-26(11-9-19)33(2,29)30/h4-7,12-14,19,22,25H,3,8-11H2,1-2H3,(H,27,28)/p-1. The second-order valence-corrected chi connectivity index (χ2v) is 9.72. The fraction of sp³-hybridized carbons (Fsp3) is 0.391. The lowest BCUT2D eigenvalue weighted by Gasteiger charge is -2.31. The largest absolute Gasteiger partial charge is 0.548 e. The Labute approximate surface area is 193 Å². The van der Waals surface area contributed by atoms with Gasteiger partial charge in [-0.1, -0.05) is 0 Å². The Morgan fingerprint density at radius 1 is 1.21 bits per heavy atom. The summed E-state index contributed by atoms with van der Waals surface area (Å²) in [6.07, 6.45) is 2.02. The Hall–Kier alpha value is -3.29. The highest BCUT2D eigenvalue weighted by Crippen LogP contribution is 2.31. The minimum atomic E-state index is -3.24. The summed E-state index contributed by atoms with van der Waals surface area (Å²) >= 11 is 0. The van der Waals surface area contributed by atoms with Crippen LogP contribution in [0.1, 0.15) is 36.9 Å². The van der Waals surface area contributed by atoms with E-state index in [4.69, 9.17) is 14.7 Å². The number of hydrogen-bond donors (Lipinski definition) is 1. The molecule has 1 unspecified atom stereocenters. The zero-order valence-electron chi connectivity index (χ0n) is 18.5. The zero-order valence-corrected chi connectivity index (χ0v) is 19.3. The second-order valence-electron chi connectivity index (χ2n) is 7.74. The van der Waals surface area contributed by atoms with Crippen molar-refractivity contribution in [3.8, 4) is 17.6 Å². The first-order valence-corrected chi connectivity index (χ1v) is 12.4. The van der Waals surface area contributed by atoms with Gasteiger partial charge in [-0.3, -0.25) is 0 Å². The van der Waals surface area contributed by atoms with Gasteiger partial charge < -0.3 is 24.7 Å². The molecule has 1 N–H and O–H groups in total. The lowest BCUT2D eigenvalue weighted by molar-refractivity contribution is -0.307. The number of carbonyl (C=O) groups is 1. The number of carbonyl (C=O) groups excluding carboxylic acids is 1. The molecule has 1 aliphatic rings. The van der Waals surface area contributed by atoms with Gasteiger partial charge in [-0.2, -0.15) is 5.26 Å². The number of sulfonamides is 1. The Morgan fingerprint density at radius 2 is 1.85 bits per heavy atom. The molecule has 0 aliphatic carbocycles. The van der Waals surface area contributed by atoms with E-state index in [2.05, 4.69) is 5.32 Å². The third-order valence-corrected chi connectivity index (χ3v) is 6.58. The topological polar surface area (TPSA) is 132 Å². The normalized spacial score (nSPS) is 15.9. The monoisotopic (exact) mass is 472 g/mol. The Kier molecular flexibility index (Phi) is 7.79. The van der Waals surface area contributed by atoms with Crippen molar-refractivity contribution in [1.82, 2.24) is 4.31 Å². The third-order valence-electron chi connectivity index (χ3n) is 5.28. The van der Waals surface area contributed by atoms with Gasteiger partial charge in [0, 0.05) is 24.8 Å². The molecule has 9 nitrogen and oxygen atoms in total. The number of carboxylic acid groups (broad SMARTS) is 1. The minimum absolute atomic E-state index is 0.208. The number of hydrogen-bond acceptors (Lipinski definition) is 8. The number of benzene rings is 2. The zero-order chi connectivity index (χ0) is 24.0. The number of rotatable bonds is 9. The lowest BCUT2D eigenvalue weighted by atomic mass is 10.0. The molecular formula is C23H26N3O6S-.